The van der Waals surface area contributed by atoms with Crippen molar-refractivity contribution in [1.29, 1.82) is 0 Å². The molecule has 0 saturated carbocycles. The number of β-lactam (4-membered cyclic amide) rings is 1. The summed E-state index contributed by atoms with van der Waals surface area (Å²) in [4.78, 5) is 64.6. The first kappa shape index (κ1) is 50.1. The molecule has 5 rings (SSSR count). The van der Waals surface area contributed by atoms with E-state index < -0.39 is 73.9 Å². The van der Waals surface area contributed by atoms with E-state index in [1.807, 2.05) is 18.2 Å². The minimum absolute atomic E-state index is 0.134. The largest absolute Gasteiger partial charge is 0.616 e. The molecule has 2 amide bonds. The SMILES string of the molecule is CCCCCCCC[S+]([O-])C(C)Cc1ccc2c(c1)OCO2.COC(=O)C(CC1S[C@@H]2C(NC(=O)COc3ccccc3)C(=O)N2C(C(=O)OC(Cl)(Cl)CCl)=C1C)C(=O)OC. The van der Waals surface area contributed by atoms with Gasteiger partial charge in [0.25, 0.3) is 16.3 Å². The molecule has 14 nitrogen and oxygen atoms in total. The standard InChI is InChI=1S/C24H25Cl3N2O9S.C18H28O3S/c1-12-15(9-14(21(32)35-2)22(33)36-3)39-20-17(28-16(30)10-37-13-7-5-4-6-8-13)19(31)29(20)18(12)23(34)38-24(26,27)11-25;1-3-4-5-6-7-8-11-22(19)15(2)12-16-9-10-17-18(13-16)21-14-20-17/h4-8,14-15,17,20H,9-11H2,1-3H3,(H,28,30);9-10,13,15H,3-8,11-12,14H2,1-2H3/t15?,17?,20-;/m1./s1. The number of benzene rings is 2. The van der Waals surface area contributed by atoms with Crippen molar-refractivity contribution in [3.05, 3.63) is 65.4 Å². The first-order valence-electron chi connectivity index (χ1n) is 19.9. The number of amides is 2. The minimum Gasteiger partial charge on any atom is -0.616 e. The third-order valence-electron chi connectivity index (χ3n) is 9.99. The Labute approximate surface area is 379 Å². The van der Waals surface area contributed by atoms with Crippen LogP contribution in [0.3, 0.4) is 0 Å². The van der Waals surface area contributed by atoms with Crippen LogP contribution in [0.15, 0.2) is 59.8 Å². The summed E-state index contributed by atoms with van der Waals surface area (Å²) in [6.45, 7) is 5.79. The second kappa shape index (κ2) is 24.3. The fourth-order valence-electron chi connectivity index (χ4n) is 6.68. The van der Waals surface area contributed by atoms with E-state index in [0.717, 1.165) is 61.0 Å². The lowest BCUT2D eigenvalue weighted by Gasteiger charge is -2.51. The Morgan fingerprint density at radius 3 is 2.31 bits per heavy atom. The highest BCUT2D eigenvalue weighted by atomic mass is 35.5. The summed E-state index contributed by atoms with van der Waals surface area (Å²) in [5.41, 5.74) is 1.29. The van der Waals surface area contributed by atoms with Crippen LogP contribution < -0.4 is 19.5 Å². The monoisotopic (exact) mass is 946 g/mol. The Kier molecular flexibility index (Phi) is 20.0. The third-order valence-corrected chi connectivity index (χ3v) is 14.5. The number of thioether (sulfide) groups is 1. The molecule has 336 valence electrons. The molecule has 2 aromatic carbocycles. The van der Waals surface area contributed by atoms with Gasteiger partial charge in [-0.3, -0.25) is 24.1 Å². The van der Waals surface area contributed by atoms with Crippen LogP contribution in [0.1, 0.15) is 71.3 Å². The normalized spacial score (nSPS) is 18.8. The van der Waals surface area contributed by atoms with Crippen LogP contribution in [-0.2, 0) is 55.8 Å². The summed E-state index contributed by atoms with van der Waals surface area (Å²) in [6.07, 6.45) is 8.19. The van der Waals surface area contributed by atoms with Gasteiger partial charge in [0, 0.05) is 11.7 Å². The number of hydrogen-bond acceptors (Lipinski definition) is 13. The molecule has 4 unspecified atom stereocenters. The van der Waals surface area contributed by atoms with Gasteiger partial charge in [0.2, 0.25) is 6.79 Å². The van der Waals surface area contributed by atoms with Crippen LogP contribution in [0, 0.1) is 5.92 Å². The Balaban J connectivity index is 0.000000314. The minimum atomic E-state index is -2.08. The molecule has 0 aliphatic carbocycles. The van der Waals surface area contributed by atoms with Gasteiger partial charge in [0.1, 0.15) is 33.9 Å². The van der Waals surface area contributed by atoms with Gasteiger partial charge < -0.3 is 38.3 Å². The highest BCUT2D eigenvalue weighted by Crippen LogP contribution is 2.47. The molecule has 0 aromatic heterocycles. The van der Waals surface area contributed by atoms with E-state index in [2.05, 4.69) is 19.2 Å². The maximum absolute atomic E-state index is 13.1. The van der Waals surface area contributed by atoms with E-state index >= 15 is 0 Å². The van der Waals surface area contributed by atoms with Crippen molar-refractivity contribution in [2.24, 2.45) is 5.92 Å². The van der Waals surface area contributed by atoms with Crippen molar-refractivity contribution in [3.8, 4) is 17.2 Å². The summed E-state index contributed by atoms with van der Waals surface area (Å²) in [6, 6.07) is 13.6. The van der Waals surface area contributed by atoms with Gasteiger partial charge in [-0.2, -0.15) is 0 Å². The summed E-state index contributed by atoms with van der Waals surface area (Å²) in [5, 5.41) is 1.32. The van der Waals surface area contributed by atoms with E-state index in [4.69, 9.17) is 63.2 Å². The number of fused-ring (bicyclic) bond motifs is 2. The number of para-hydroxylation sites is 1. The number of nitrogens with zero attached hydrogens (tertiary/aromatic N) is 1. The van der Waals surface area contributed by atoms with Crippen LogP contribution in [0.2, 0.25) is 0 Å². The maximum Gasteiger partial charge on any atom is 0.357 e. The molecule has 2 aromatic rings. The number of hydrogen-bond donors (Lipinski definition) is 1. The van der Waals surface area contributed by atoms with Crippen LogP contribution in [0.5, 0.6) is 17.2 Å². The highest BCUT2D eigenvalue weighted by Gasteiger charge is 2.57. The molecule has 0 radical (unpaired) electrons. The second-order valence-corrected chi connectivity index (χ2v) is 19.4. The Hall–Kier alpha value is -3.54. The molecule has 1 saturated heterocycles. The molecule has 0 bridgehead atoms. The smallest absolute Gasteiger partial charge is 0.357 e. The zero-order valence-electron chi connectivity index (χ0n) is 34.8. The first-order chi connectivity index (χ1) is 29.1. The average Bonchev–Trinajstić information content (AvgIpc) is 3.73. The molecule has 5 atom stereocenters. The van der Waals surface area contributed by atoms with Gasteiger partial charge in [-0.25, -0.2) is 4.79 Å². The number of alkyl halides is 3. The molecule has 3 aliphatic heterocycles. The molecular formula is C42H53Cl3N2O12S2. The quantitative estimate of drug-likeness (QED) is 0.0262. The first-order valence-corrected chi connectivity index (χ1v) is 23.5. The van der Waals surface area contributed by atoms with Crippen molar-refractivity contribution < 1.29 is 56.9 Å². The Morgan fingerprint density at radius 2 is 1.66 bits per heavy atom. The maximum atomic E-state index is 13.1. The summed E-state index contributed by atoms with van der Waals surface area (Å²) in [5.74, 6) is -2.75. The van der Waals surface area contributed by atoms with Crippen molar-refractivity contribution in [2.45, 2.75) is 98.6 Å². The third kappa shape index (κ3) is 14.2. The molecular weight excluding hydrogens is 895 g/mol. The van der Waals surface area contributed by atoms with Crippen molar-refractivity contribution in [1.82, 2.24) is 10.2 Å². The van der Waals surface area contributed by atoms with Gasteiger partial charge in [-0.15, -0.1) is 23.4 Å². The predicted octanol–water partition coefficient (Wildman–Crippen LogP) is 6.83. The number of unbranched alkanes of at least 4 members (excludes halogenated alkanes) is 5. The molecule has 61 heavy (non-hydrogen) atoms. The van der Waals surface area contributed by atoms with E-state index in [0.29, 0.717) is 18.1 Å². The highest BCUT2D eigenvalue weighted by molar-refractivity contribution is 8.00. The van der Waals surface area contributed by atoms with Crippen molar-refractivity contribution in [3.63, 3.8) is 0 Å². The predicted molar refractivity (Wildman–Crippen MR) is 234 cm³/mol. The number of carbonyl (C=O) groups excluding carboxylic acids is 5. The van der Waals surface area contributed by atoms with Gasteiger partial charge >= 0.3 is 17.9 Å². The lowest BCUT2D eigenvalue weighted by atomic mass is 9.95. The zero-order chi connectivity index (χ0) is 44.7. The van der Waals surface area contributed by atoms with Gasteiger partial charge in [0.05, 0.1) is 20.1 Å². The number of halogens is 3. The number of esters is 3. The van der Waals surface area contributed by atoms with E-state index in [1.165, 1.54) is 44.6 Å². The molecule has 3 aliphatic rings. The van der Waals surface area contributed by atoms with Crippen molar-refractivity contribution >= 4 is 87.5 Å². The number of ether oxygens (including phenoxy) is 6. The fraction of sp³-hybridized carbons (Fsp3) is 0.548. The molecule has 1 fully saturated rings. The summed E-state index contributed by atoms with van der Waals surface area (Å²) >= 11 is 17.9. The zero-order valence-corrected chi connectivity index (χ0v) is 38.7. The number of rotatable bonds is 21. The molecule has 0 spiro atoms. The van der Waals surface area contributed by atoms with Crippen LogP contribution in [0.4, 0.5) is 0 Å². The average molecular weight is 948 g/mol. The van der Waals surface area contributed by atoms with E-state index in [1.54, 1.807) is 30.3 Å². The van der Waals surface area contributed by atoms with Crippen LogP contribution in [0.25, 0.3) is 0 Å². The lowest BCUT2D eigenvalue weighted by molar-refractivity contribution is -0.159. The Bertz CT molecular complexity index is 1840. The van der Waals surface area contributed by atoms with E-state index in [-0.39, 0.29) is 24.0 Å². The lowest BCUT2D eigenvalue weighted by Crippen LogP contribution is -2.71. The van der Waals surface area contributed by atoms with Gasteiger partial charge in [0.15, 0.2) is 24.0 Å². The topological polar surface area (TPSA) is 179 Å². The number of nitrogens with one attached hydrogen (secondary N) is 1. The second-order valence-electron chi connectivity index (χ2n) is 14.5. The molecule has 3 heterocycles. The van der Waals surface area contributed by atoms with Gasteiger partial charge in [-0.05, 0) is 68.5 Å². The van der Waals surface area contributed by atoms with Gasteiger partial charge in [-0.1, -0.05) is 91.3 Å². The fourth-order valence-corrected chi connectivity index (χ4v) is 9.77. The van der Waals surface area contributed by atoms with Crippen molar-refractivity contribution in [2.75, 3.05) is 39.3 Å². The molecule has 19 heteroatoms. The number of carbonyl (C=O) groups is 5. The summed E-state index contributed by atoms with van der Waals surface area (Å²) < 4.78 is 41.0. The Morgan fingerprint density at radius 1 is 1.00 bits per heavy atom. The van der Waals surface area contributed by atoms with Crippen LogP contribution >= 0.6 is 46.6 Å². The number of methoxy groups -OCH3 is 2. The van der Waals surface area contributed by atoms with E-state index in [9.17, 15) is 28.5 Å². The van der Waals surface area contributed by atoms with Crippen LogP contribution in [-0.4, -0.2) is 105 Å². The summed E-state index contributed by atoms with van der Waals surface area (Å²) in [7, 11) is 2.25. The molecule has 1 N–H and O–H groups in total.